The molecule has 0 saturated carbocycles. The fourth-order valence-corrected chi connectivity index (χ4v) is 2.86. The maximum Gasteiger partial charge on any atom is 0.0506 e. The average molecular weight is 226 g/mol. The lowest BCUT2D eigenvalue weighted by Gasteiger charge is -2.33. The van der Waals surface area contributed by atoms with Gasteiger partial charge in [0.05, 0.1) is 6.61 Å². The highest BCUT2D eigenvalue weighted by atomic mass is 16.5. The Morgan fingerprint density at radius 3 is 3.12 bits per heavy atom. The average Bonchev–Trinajstić information content (AvgIpc) is 2.27. The molecule has 2 heterocycles. The third kappa shape index (κ3) is 4.04. The Labute approximate surface area is 99.5 Å². The van der Waals surface area contributed by atoms with Crippen LogP contribution in [-0.4, -0.2) is 50.8 Å². The molecular weight excluding hydrogens is 200 g/mol. The molecule has 0 radical (unpaired) electrons. The first-order valence-corrected chi connectivity index (χ1v) is 6.85. The largest absolute Gasteiger partial charge is 0.381 e. The maximum absolute atomic E-state index is 5.57. The monoisotopic (exact) mass is 226 g/mol. The molecule has 3 heteroatoms. The van der Waals surface area contributed by atoms with Crippen LogP contribution in [0.4, 0.5) is 0 Å². The molecule has 2 atom stereocenters. The maximum atomic E-state index is 5.57. The highest BCUT2D eigenvalue weighted by molar-refractivity contribution is 4.73. The van der Waals surface area contributed by atoms with Gasteiger partial charge in [-0.15, -0.1) is 0 Å². The normalized spacial score (nSPS) is 34.3. The second kappa shape index (κ2) is 6.58. The molecule has 2 aliphatic rings. The Hall–Kier alpha value is -0.120. The molecular formula is C13H26N2O. The summed E-state index contributed by atoms with van der Waals surface area (Å²) in [5.74, 6) is 1.57. The van der Waals surface area contributed by atoms with E-state index in [-0.39, 0.29) is 0 Å². The van der Waals surface area contributed by atoms with Crippen molar-refractivity contribution in [2.24, 2.45) is 11.8 Å². The van der Waals surface area contributed by atoms with Gasteiger partial charge < -0.3 is 15.0 Å². The predicted molar refractivity (Wildman–Crippen MR) is 66.6 cm³/mol. The van der Waals surface area contributed by atoms with Crippen molar-refractivity contribution < 1.29 is 4.74 Å². The molecule has 0 amide bonds. The smallest absolute Gasteiger partial charge is 0.0506 e. The van der Waals surface area contributed by atoms with Crippen molar-refractivity contribution in [3.8, 4) is 0 Å². The summed E-state index contributed by atoms with van der Waals surface area (Å²) in [7, 11) is 0. The first kappa shape index (κ1) is 12.3. The molecule has 2 aliphatic heterocycles. The van der Waals surface area contributed by atoms with Gasteiger partial charge in [0.15, 0.2) is 0 Å². The fourth-order valence-electron chi connectivity index (χ4n) is 2.86. The fraction of sp³-hybridized carbons (Fsp3) is 1.00. The van der Waals surface area contributed by atoms with Crippen LogP contribution in [-0.2, 0) is 4.74 Å². The summed E-state index contributed by atoms with van der Waals surface area (Å²) in [5.41, 5.74) is 0. The van der Waals surface area contributed by atoms with Gasteiger partial charge in [-0.2, -0.15) is 0 Å². The Morgan fingerprint density at radius 2 is 2.31 bits per heavy atom. The van der Waals surface area contributed by atoms with Crippen LogP contribution >= 0.6 is 0 Å². The lowest BCUT2D eigenvalue weighted by Crippen LogP contribution is -2.42. The van der Waals surface area contributed by atoms with Crippen molar-refractivity contribution in [1.29, 1.82) is 0 Å². The molecule has 94 valence electrons. The van der Waals surface area contributed by atoms with Crippen LogP contribution in [0, 0.1) is 11.8 Å². The van der Waals surface area contributed by atoms with Crippen LogP contribution in [0.5, 0.6) is 0 Å². The van der Waals surface area contributed by atoms with Crippen molar-refractivity contribution >= 4 is 0 Å². The molecule has 1 N–H and O–H groups in total. The summed E-state index contributed by atoms with van der Waals surface area (Å²) in [6.45, 7) is 10.4. The molecule has 0 spiro atoms. The van der Waals surface area contributed by atoms with Crippen molar-refractivity contribution in [2.45, 2.75) is 26.2 Å². The van der Waals surface area contributed by atoms with Gasteiger partial charge in [-0.05, 0) is 50.7 Å². The van der Waals surface area contributed by atoms with Gasteiger partial charge in [-0.25, -0.2) is 0 Å². The van der Waals surface area contributed by atoms with Gasteiger partial charge in [0.25, 0.3) is 0 Å². The third-order valence-corrected chi connectivity index (χ3v) is 3.66. The second-order valence-electron chi connectivity index (χ2n) is 5.51. The standard InChI is InChI=1S/C13H26N2O/c1-12-8-14-5-3-6-15(9-12)10-13-4-2-7-16-11-13/h12-14H,2-11H2,1H3. The van der Waals surface area contributed by atoms with Crippen LogP contribution in [0.25, 0.3) is 0 Å². The molecule has 16 heavy (non-hydrogen) atoms. The predicted octanol–water partition coefficient (Wildman–Crippen LogP) is 1.34. The van der Waals surface area contributed by atoms with Gasteiger partial charge >= 0.3 is 0 Å². The Balaban J connectivity index is 1.76. The molecule has 0 aromatic carbocycles. The topological polar surface area (TPSA) is 24.5 Å². The van der Waals surface area contributed by atoms with E-state index in [2.05, 4.69) is 17.1 Å². The first-order chi connectivity index (χ1) is 7.84. The highest BCUT2D eigenvalue weighted by Gasteiger charge is 2.19. The molecule has 0 aliphatic carbocycles. The van der Waals surface area contributed by atoms with Crippen LogP contribution in [0.15, 0.2) is 0 Å². The minimum absolute atomic E-state index is 0.782. The third-order valence-electron chi connectivity index (χ3n) is 3.66. The van der Waals surface area contributed by atoms with E-state index >= 15 is 0 Å². The van der Waals surface area contributed by atoms with Crippen molar-refractivity contribution in [1.82, 2.24) is 10.2 Å². The van der Waals surface area contributed by atoms with E-state index in [0.717, 1.165) is 25.0 Å². The molecule has 2 unspecified atom stereocenters. The number of hydrogen-bond acceptors (Lipinski definition) is 3. The summed E-state index contributed by atoms with van der Waals surface area (Å²) in [4.78, 5) is 2.66. The van der Waals surface area contributed by atoms with Gasteiger partial charge in [0, 0.05) is 19.7 Å². The zero-order valence-electron chi connectivity index (χ0n) is 10.6. The summed E-state index contributed by atoms with van der Waals surface area (Å²) >= 11 is 0. The molecule has 2 saturated heterocycles. The van der Waals surface area contributed by atoms with E-state index < -0.39 is 0 Å². The van der Waals surface area contributed by atoms with Gasteiger partial charge in [0.2, 0.25) is 0 Å². The molecule has 0 aromatic rings. The second-order valence-corrected chi connectivity index (χ2v) is 5.51. The van der Waals surface area contributed by atoms with E-state index in [4.69, 9.17) is 4.74 Å². The number of nitrogens with one attached hydrogen (secondary N) is 1. The summed E-state index contributed by atoms with van der Waals surface area (Å²) < 4.78 is 5.57. The van der Waals surface area contributed by atoms with Gasteiger partial charge in [0.1, 0.15) is 0 Å². The number of nitrogens with zero attached hydrogens (tertiary/aromatic N) is 1. The molecule has 0 bridgehead atoms. The first-order valence-electron chi connectivity index (χ1n) is 6.85. The van der Waals surface area contributed by atoms with Crippen molar-refractivity contribution in [2.75, 3.05) is 45.9 Å². The van der Waals surface area contributed by atoms with E-state index in [9.17, 15) is 0 Å². The number of hydrogen-bond donors (Lipinski definition) is 1. The van der Waals surface area contributed by atoms with E-state index in [1.54, 1.807) is 0 Å². The van der Waals surface area contributed by atoms with Gasteiger partial charge in [-0.1, -0.05) is 6.92 Å². The summed E-state index contributed by atoms with van der Waals surface area (Å²) in [6, 6.07) is 0. The number of rotatable bonds is 2. The molecule has 2 fully saturated rings. The number of ether oxygens (including phenoxy) is 1. The zero-order valence-corrected chi connectivity index (χ0v) is 10.6. The minimum atomic E-state index is 0.782. The van der Waals surface area contributed by atoms with Crippen LogP contribution < -0.4 is 5.32 Å². The molecule has 3 nitrogen and oxygen atoms in total. The van der Waals surface area contributed by atoms with E-state index in [0.29, 0.717) is 0 Å². The Bertz CT molecular complexity index is 192. The summed E-state index contributed by atoms with van der Waals surface area (Å²) in [5, 5.41) is 3.51. The lowest BCUT2D eigenvalue weighted by atomic mass is 10.0. The summed E-state index contributed by atoms with van der Waals surface area (Å²) in [6.07, 6.45) is 3.92. The van der Waals surface area contributed by atoms with E-state index in [1.165, 1.54) is 52.0 Å². The highest BCUT2D eigenvalue weighted by Crippen LogP contribution is 2.16. The molecule has 0 aromatic heterocycles. The minimum Gasteiger partial charge on any atom is -0.381 e. The quantitative estimate of drug-likeness (QED) is 0.769. The molecule has 2 rings (SSSR count). The Kier molecular flexibility index (Phi) is 5.07. The lowest BCUT2D eigenvalue weighted by molar-refractivity contribution is 0.0353. The SMILES string of the molecule is CC1CNCCCN(CC2CCCOC2)C1. The van der Waals surface area contributed by atoms with Crippen LogP contribution in [0.3, 0.4) is 0 Å². The van der Waals surface area contributed by atoms with Crippen LogP contribution in [0.1, 0.15) is 26.2 Å². The van der Waals surface area contributed by atoms with Gasteiger partial charge in [-0.3, -0.25) is 0 Å². The van der Waals surface area contributed by atoms with Crippen LogP contribution in [0.2, 0.25) is 0 Å². The van der Waals surface area contributed by atoms with E-state index in [1.807, 2.05) is 0 Å². The Morgan fingerprint density at radius 1 is 1.38 bits per heavy atom. The van der Waals surface area contributed by atoms with Crippen molar-refractivity contribution in [3.63, 3.8) is 0 Å². The van der Waals surface area contributed by atoms with Crippen molar-refractivity contribution in [3.05, 3.63) is 0 Å². The zero-order chi connectivity index (χ0) is 11.2.